The summed E-state index contributed by atoms with van der Waals surface area (Å²) in [4.78, 5) is 4.14. The molecule has 0 saturated heterocycles. The average molecular weight is 145 g/mol. The number of thiol groups is 1. The molecule has 0 fully saturated rings. The van der Waals surface area contributed by atoms with Crippen molar-refractivity contribution in [2.75, 3.05) is 6.54 Å². The maximum absolute atomic E-state index is 4.14. The second kappa shape index (κ2) is 6.14. The number of hydrogen-bond acceptors (Lipinski definition) is 1. The van der Waals surface area contributed by atoms with E-state index in [1.54, 1.807) is 0 Å². The largest absolute Gasteiger partial charge is 0.283 e. The zero-order chi connectivity index (χ0) is 7.11. The van der Waals surface area contributed by atoms with Gasteiger partial charge in [0.2, 0.25) is 0 Å². The summed E-state index contributed by atoms with van der Waals surface area (Å²) in [6, 6.07) is 0. The first kappa shape index (κ1) is 9.02. The van der Waals surface area contributed by atoms with Crippen LogP contribution in [0.5, 0.6) is 0 Å². The summed E-state index contributed by atoms with van der Waals surface area (Å²) in [6.45, 7) is 5.05. The number of aliphatic imine (C=N–C) groups is 1. The van der Waals surface area contributed by atoms with Gasteiger partial charge in [0, 0.05) is 6.54 Å². The molecule has 2 heteroatoms. The van der Waals surface area contributed by atoms with Crippen molar-refractivity contribution in [2.45, 2.75) is 33.1 Å². The number of unbranched alkanes of at least 4 members (excludes halogenated alkanes) is 2. The molecule has 0 heterocycles. The lowest BCUT2D eigenvalue weighted by molar-refractivity contribution is 0.729. The summed E-state index contributed by atoms with van der Waals surface area (Å²) in [5.41, 5.74) is 0. The molecule has 0 aromatic rings. The van der Waals surface area contributed by atoms with Gasteiger partial charge in [-0.15, -0.1) is 12.6 Å². The highest BCUT2D eigenvalue weighted by atomic mass is 32.1. The Bertz CT molecular complexity index is 84.9. The van der Waals surface area contributed by atoms with Crippen molar-refractivity contribution in [1.82, 2.24) is 0 Å². The summed E-state index contributed by atoms with van der Waals surface area (Å²) >= 11 is 4.05. The molecule has 1 nitrogen and oxygen atoms in total. The third-order valence-electron chi connectivity index (χ3n) is 1.10. The highest BCUT2D eigenvalue weighted by Gasteiger charge is 1.82. The summed E-state index contributed by atoms with van der Waals surface area (Å²) in [5, 5.41) is 0.895. The number of nitrogens with zero attached hydrogens (tertiary/aromatic N) is 1. The van der Waals surface area contributed by atoms with Gasteiger partial charge in [0.1, 0.15) is 0 Å². The van der Waals surface area contributed by atoms with Crippen LogP contribution in [0.3, 0.4) is 0 Å². The molecule has 0 radical (unpaired) electrons. The lowest BCUT2D eigenvalue weighted by Gasteiger charge is -1.91. The molecule has 0 rings (SSSR count). The molecule has 9 heavy (non-hydrogen) atoms. The third kappa shape index (κ3) is 8.02. The van der Waals surface area contributed by atoms with E-state index >= 15 is 0 Å². The molecule has 0 aliphatic heterocycles. The maximum Gasteiger partial charge on any atom is 0.0614 e. The molecule has 0 aliphatic carbocycles. The fourth-order valence-corrected chi connectivity index (χ4v) is 0.703. The minimum Gasteiger partial charge on any atom is -0.283 e. The monoisotopic (exact) mass is 145 g/mol. The zero-order valence-electron chi connectivity index (χ0n) is 6.22. The SMILES string of the molecule is CCCCC/N=C(/C)S. The maximum atomic E-state index is 4.14. The van der Waals surface area contributed by atoms with Gasteiger partial charge < -0.3 is 0 Å². The molecule has 0 unspecified atom stereocenters. The minimum atomic E-state index is 0.895. The zero-order valence-corrected chi connectivity index (χ0v) is 7.12. The van der Waals surface area contributed by atoms with E-state index in [0.717, 1.165) is 11.6 Å². The normalized spacial score (nSPS) is 12.1. The third-order valence-corrected chi connectivity index (χ3v) is 1.24. The lowest BCUT2D eigenvalue weighted by atomic mass is 10.2. The van der Waals surface area contributed by atoms with Gasteiger partial charge in [0.15, 0.2) is 0 Å². The Balaban J connectivity index is 3.00. The van der Waals surface area contributed by atoms with Crippen LogP contribution in [0.1, 0.15) is 33.1 Å². The predicted molar refractivity (Wildman–Crippen MR) is 46.5 cm³/mol. The highest BCUT2D eigenvalue weighted by Crippen LogP contribution is 1.94. The van der Waals surface area contributed by atoms with E-state index in [0.29, 0.717) is 0 Å². The van der Waals surface area contributed by atoms with Gasteiger partial charge >= 0.3 is 0 Å². The van der Waals surface area contributed by atoms with Crippen LogP contribution in [-0.2, 0) is 0 Å². The number of hydrogen-bond donors (Lipinski definition) is 1. The fourth-order valence-electron chi connectivity index (χ4n) is 0.603. The van der Waals surface area contributed by atoms with Crippen molar-refractivity contribution in [3.63, 3.8) is 0 Å². The van der Waals surface area contributed by atoms with Crippen molar-refractivity contribution in [1.29, 1.82) is 0 Å². The first-order valence-electron chi connectivity index (χ1n) is 3.47. The van der Waals surface area contributed by atoms with E-state index in [1.165, 1.54) is 19.3 Å². The Hall–Kier alpha value is 0.0200. The predicted octanol–water partition coefficient (Wildman–Crippen LogP) is 2.52. The molecule has 0 amide bonds. The molecular weight excluding hydrogens is 130 g/mol. The molecule has 0 aliphatic rings. The van der Waals surface area contributed by atoms with E-state index in [9.17, 15) is 0 Å². The Kier molecular flexibility index (Phi) is 6.16. The fraction of sp³-hybridized carbons (Fsp3) is 0.857. The van der Waals surface area contributed by atoms with E-state index in [2.05, 4.69) is 24.5 Å². The summed E-state index contributed by atoms with van der Waals surface area (Å²) in [7, 11) is 0. The van der Waals surface area contributed by atoms with Gasteiger partial charge in [-0.1, -0.05) is 19.8 Å². The van der Waals surface area contributed by atoms with Crippen molar-refractivity contribution in [3.8, 4) is 0 Å². The molecule has 0 spiro atoms. The van der Waals surface area contributed by atoms with Gasteiger partial charge in [0.25, 0.3) is 0 Å². The molecular formula is C7H15NS. The Morgan fingerprint density at radius 1 is 1.44 bits per heavy atom. The standard InChI is InChI=1S/C7H15NS/c1-3-4-5-6-8-7(2)9/h3-6H2,1-2H3,(H,8,9). The molecule has 54 valence electrons. The van der Waals surface area contributed by atoms with E-state index in [-0.39, 0.29) is 0 Å². The molecule has 0 aromatic heterocycles. The van der Waals surface area contributed by atoms with Crippen molar-refractivity contribution < 1.29 is 0 Å². The molecule has 0 saturated carbocycles. The summed E-state index contributed by atoms with van der Waals surface area (Å²) < 4.78 is 0. The van der Waals surface area contributed by atoms with Crippen LogP contribution in [-0.4, -0.2) is 11.6 Å². The van der Waals surface area contributed by atoms with Crippen LogP contribution >= 0.6 is 12.6 Å². The second-order valence-corrected chi connectivity index (χ2v) is 2.78. The van der Waals surface area contributed by atoms with Crippen molar-refractivity contribution >= 4 is 17.7 Å². The summed E-state index contributed by atoms with van der Waals surface area (Å²) in [5.74, 6) is 0. The second-order valence-electron chi connectivity index (χ2n) is 2.14. The van der Waals surface area contributed by atoms with Crippen LogP contribution in [0, 0.1) is 0 Å². The van der Waals surface area contributed by atoms with Crippen LogP contribution in [0.4, 0.5) is 0 Å². The average Bonchev–Trinajstić information content (AvgIpc) is 1.80. The first-order chi connectivity index (χ1) is 4.27. The van der Waals surface area contributed by atoms with Crippen molar-refractivity contribution in [3.05, 3.63) is 0 Å². The topological polar surface area (TPSA) is 12.4 Å². The minimum absolute atomic E-state index is 0.895. The summed E-state index contributed by atoms with van der Waals surface area (Å²) in [6.07, 6.45) is 3.75. The van der Waals surface area contributed by atoms with Crippen LogP contribution in [0.2, 0.25) is 0 Å². The Morgan fingerprint density at radius 3 is 2.56 bits per heavy atom. The highest BCUT2D eigenvalue weighted by molar-refractivity contribution is 7.96. The molecule has 0 atom stereocenters. The molecule has 0 bridgehead atoms. The van der Waals surface area contributed by atoms with E-state index in [4.69, 9.17) is 0 Å². The van der Waals surface area contributed by atoms with Crippen molar-refractivity contribution in [2.24, 2.45) is 4.99 Å². The van der Waals surface area contributed by atoms with Gasteiger partial charge in [-0.25, -0.2) is 0 Å². The smallest absolute Gasteiger partial charge is 0.0614 e. The Morgan fingerprint density at radius 2 is 2.11 bits per heavy atom. The van der Waals surface area contributed by atoms with Gasteiger partial charge in [-0.05, 0) is 13.3 Å². The van der Waals surface area contributed by atoms with Crippen LogP contribution < -0.4 is 0 Å². The van der Waals surface area contributed by atoms with E-state index in [1.807, 2.05) is 6.92 Å². The lowest BCUT2D eigenvalue weighted by Crippen LogP contribution is -1.83. The molecule has 0 N–H and O–H groups in total. The van der Waals surface area contributed by atoms with Gasteiger partial charge in [-0.3, -0.25) is 4.99 Å². The van der Waals surface area contributed by atoms with Gasteiger partial charge in [0.05, 0.1) is 5.04 Å². The molecule has 0 aromatic carbocycles. The number of rotatable bonds is 4. The quantitative estimate of drug-likeness (QED) is 0.270. The van der Waals surface area contributed by atoms with E-state index < -0.39 is 0 Å². The Labute approximate surface area is 63.0 Å². The van der Waals surface area contributed by atoms with Gasteiger partial charge in [-0.2, -0.15) is 0 Å². The first-order valence-corrected chi connectivity index (χ1v) is 3.92. The van der Waals surface area contributed by atoms with Crippen LogP contribution in [0.15, 0.2) is 4.99 Å². The van der Waals surface area contributed by atoms with Crippen LogP contribution in [0.25, 0.3) is 0 Å².